The molecule has 1 atom stereocenters. The maximum absolute atomic E-state index is 12.1. The maximum atomic E-state index is 12.1. The largest absolute Gasteiger partial charge is 0.355 e. The molecule has 0 spiro atoms. The Labute approximate surface area is 155 Å². The van der Waals surface area contributed by atoms with Crippen molar-refractivity contribution in [2.75, 3.05) is 19.6 Å². The number of rotatable bonds is 9. The fourth-order valence-electron chi connectivity index (χ4n) is 2.60. The molecule has 26 heavy (non-hydrogen) atoms. The summed E-state index contributed by atoms with van der Waals surface area (Å²) in [6.45, 7) is 4.79. The molecule has 138 valence electrons. The molecule has 0 heterocycles. The molecule has 0 aliphatic carbocycles. The van der Waals surface area contributed by atoms with Crippen molar-refractivity contribution in [3.8, 4) is 0 Å². The van der Waals surface area contributed by atoms with Crippen molar-refractivity contribution >= 4 is 11.8 Å². The second-order valence-electron chi connectivity index (χ2n) is 6.26. The predicted molar refractivity (Wildman–Crippen MR) is 104 cm³/mol. The first kappa shape index (κ1) is 19.7. The summed E-state index contributed by atoms with van der Waals surface area (Å²) in [5.41, 5.74) is 3.37. The molecule has 0 saturated heterocycles. The van der Waals surface area contributed by atoms with Crippen LogP contribution in [0.4, 0.5) is 0 Å². The van der Waals surface area contributed by atoms with E-state index in [-0.39, 0.29) is 30.9 Å². The molecule has 2 amide bonds. The van der Waals surface area contributed by atoms with Gasteiger partial charge in [-0.25, -0.2) is 0 Å². The zero-order chi connectivity index (χ0) is 18.8. The summed E-state index contributed by atoms with van der Waals surface area (Å²) in [4.78, 5) is 23.7. The highest BCUT2D eigenvalue weighted by atomic mass is 16.2. The third kappa shape index (κ3) is 6.33. The van der Waals surface area contributed by atoms with Crippen molar-refractivity contribution in [1.29, 1.82) is 0 Å². The second kappa shape index (κ2) is 10.4. The summed E-state index contributed by atoms with van der Waals surface area (Å²) in [6.07, 6.45) is 0.872. The first-order chi connectivity index (χ1) is 12.6. The molecule has 2 aromatic rings. The lowest BCUT2D eigenvalue weighted by molar-refractivity contribution is -0.125. The molecule has 2 aromatic carbocycles. The number of carbonyl (C=O) groups excluding carboxylic acids is 2. The van der Waals surface area contributed by atoms with Crippen molar-refractivity contribution in [2.24, 2.45) is 0 Å². The first-order valence-corrected chi connectivity index (χ1v) is 8.98. The number of nitrogens with one attached hydrogen (secondary N) is 3. The van der Waals surface area contributed by atoms with Gasteiger partial charge < -0.3 is 10.6 Å². The molecule has 5 nitrogen and oxygen atoms in total. The van der Waals surface area contributed by atoms with Gasteiger partial charge in [0.05, 0.1) is 19.1 Å². The Kier molecular flexibility index (Phi) is 7.83. The number of amides is 2. The Bertz CT molecular complexity index is 699. The number of aryl methyl sites for hydroxylation is 1. The Balaban J connectivity index is 1.96. The van der Waals surface area contributed by atoms with E-state index in [1.165, 1.54) is 5.56 Å². The summed E-state index contributed by atoms with van der Waals surface area (Å²) in [6, 6.07) is 18.2. The topological polar surface area (TPSA) is 70.2 Å². The van der Waals surface area contributed by atoms with E-state index >= 15 is 0 Å². The van der Waals surface area contributed by atoms with Crippen molar-refractivity contribution in [1.82, 2.24) is 16.0 Å². The smallest absolute Gasteiger partial charge is 0.239 e. The van der Waals surface area contributed by atoms with Gasteiger partial charge in [-0.15, -0.1) is 0 Å². The van der Waals surface area contributed by atoms with Crippen LogP contribution in [0.5, 0.6) is 0 Å². The normalized spacial score (nSPS) is 11.6. The summed E-state index contributed by atoms with van der Waals surface area (Å²) >= 11 is 0. The Morgan fingerprint density at radius 2 is 1.46 bits per heavy atom. The Morgan fingerprint density at radius 3 is 2.12 bits per heavy atom. The number of benzene rings is 2. The van der Waals surface area contributed by atoms with Crippen LogP contribution in [-0.2, 0) is 9.59 Å². The van der Waals surface area contributed by atoms with Crippen LogP contribution in [0.3, 0.4) is 0 Å². The third-order valence-electron chi connectivity index (χ3n) is 4.03. The quantitative estimate of drug-likeness (QED) is 0.648. The first-order valence-electron chi connectivity index (χ1n) is 8.98. The lowest BCUT2D eigenvalue weighted by Crippen LogP contribution is -2.41. The zero-order valence-electron chi connectivity index (χ0n) is 15.4. The van der Waals surface area contributed by atoms with Crippen LogP contribution >= 0.6 is 0 Å². The van der Waals surface area contributed by atoms with Gasteiger partial charge in [0.15, 0.2) is 0 Å². The summed E-state index contributed by atoms with van der Waals surface area (Å²) in [5.74, 6) is -0.372. The van der Waals surface area contributed by atoms with E-state index in [0.29, 0.717) is 6.54 Å². The van der Waals surface area contributed by atoms with E-state index < -0.39 is 0 Å². The van der Waals surface area contributed by atoms with Gasteiger partial charge in [0.2, 0.25) is 11.8 Å². The summed E-state index contributed by atoms with van der Waals surface area (Å²) in [7, 11) is 0. The maximum Gasteiger partial charge on any atom is 0.239 e. The van der Waals surface area contributed by atoms with Gasteiger partial charge in [-0.3, -0.25) is 14.9 Å². The molecule has 0 saturated carbocycles. The zero-order valence-corrected chi connectivity index (χ0v) is 15.4. The minimum absolute atomic E-state index is 0.00104. The van der Waals surface area contributed by atoms with E-state index in [1.54, 1.807) is 0 Å². The van der Waals surface area contributed by atoms with E-state index in [9.17, 15) is 9.59 Å². The molecule has 0 radical (unpaired) electrons. The third-order valence-corrected chi connectivity index (χ3v) is 4.03. The molecule has 0 aliphatic rings. The van der Waals surface area contributed by atoms with Gasteiger partial charge >= 0.3 is 0 Å². The number of carbonyl (C=O) groups is 2. The molecular weight excluding hydrogens is 326 g/mol. The molecule has 5 heteroatoms. The van der Waals surface area contributed by atoms with E-state index in [0.717, 1.165) is 17.5 Å². The highest BCUT2D eigenvalue weighted by Gasteiger charge is 2.15. The molecule has 0 aromatic heterocycles. The van der Waals surface area contributed by atoms with Gasteiger partial charge in [-0.1, -0.05) is 67.1 Å². The van der Waals surface area contributed by atoms with Gasteiger partial charge in [0.25, 0.3) is 0 Å². The van der Waals surface area contributed by atoms with Gasteiger partial charge in [0.1, 0.15) is 0 Å². The van der Waals surface area contributed by atoms with Crippen molar-refractivity contribution in [2.45, 2.75) is 26.3 Å². The lowest BCUT2D eigenvalue weighted by Gasteiger charge is -2.20. The Hall–Kier alpha value is -2.66. The lowest BCUT2D eigenvalue weighted by atomic mass is 9.98. The van der Waals surface area contributed by atoms with Crippen LogP contribution in [0.1, 0.15) is 36.1 Å². The molecular formula is C21H27N3O2. The highest BCUT2D eigenvalue weighted by Crippen LogP contribution is 2.22. The summed E-state index contributed by atoms with van der Waals surface area (Å²) < 4.78 is 0. The van der Waals surface area contributed by atoms with Crippen molar-refractivity contribution in [3.05, 3.63) is 71.3 Å². The molecule has 0 bridgehead atoms. The monoisotopic (exact) mass is 353 g/mol. The molecule has 0 fully saturated rings. The minimum atomic E-state index is -0.204. The van der Waals surface area contributed by atoms with Gasteiger partial charge in [-0.2, -0.15) is 0 Å². The highest BCUT2D eigenvalue weighted by molar-refractivity contribution is 5.85. The van der Waals surface area contributed by atoms with E-state index in [4.69, 9.17) is 0 Å². The van der Waals surface area contributed by atoms with Crippen LogP contribution in [-0.4, -0.2) is 31.4 Å². The molecule has 0 unspecified atom stereocenters. The molecule has 3 N–H and O–H groups in total. The second-order valence-corrected chi connectivity index (χ2v) is 6.26. The van der Waals surface area contributed by atoms with Crippen LogP contribution in [0.25, 0.3) is 0 Å². The standard InChI is InChI=1S/C21H27N3O2/c1-3-13-22-19(25)14-23-20(26)15-24-21(17-7-5-4-6-8-17)18-11-9-16(2)10-12-18/h4-12,21,24H,3,13-15H2,1-2H3,(H,22,25)(H,23,26)/t21-/m0/s1. The van der Waals surface area contributed by atoms with Crippen LogP contribution in [0.2, 0.25) is 0 Å². The van der Waals surface area contributed by atoms with Crippen molar-refractivity contribution < 1.29 is 9.59 Å². The van der Waals surface area contributed by atoms with Crippen LogP contribution in [0, 0.1) is 6.92 Å². The SMILES string of the molecule is CCCNC(=O)CNC(=O)CN[C@@H](c1ccccc1)c1ccc(C)cc1. The fraction of sp³-hybridized carbons (Fsp3) is 0.333. The number of hydrogen-bond donors (Lipinski definition) is 3. The fourth-order valence-corrected chi connectivity index (χ4v) is 2.60. The molecule has 2 rings (SSSR count). The average Bonchev–Trinajstić information content (AvgIpc) is 2.67. The van der Waals surface area contributed by atoms with E-state index in [2.05, 4.69) is 40.2 Å². The van der Waals surface area contributed by atoms with Gasteiger partial charge in [0, 0.05) is 6.54 Å². The average molecular weight is 353 g/mol. The van der Waals surface area contributed by atoms with E-state index in [1.807, 2.05) is 44.2 Å². The number of hydrogen-bond acceptors (Lipinski definition) is 3. The van der Waals surface area contributed by atoms with Gasteiger partial charge in [-0.05, 0) is 24.5 Å². The predicted octanol–water partition coefficient (Wildman–Crippen LogP) is 2.32. The van der Waals surface area contributed by atoms with Crippen LogP contribution in [0.15, 0.2) is 54.6 Å². The van der Waals surface area contributed by atoms with Crippen molar-refractivity contribution in [3.63, 3.8) is 0 Å². The van der Waals surface area contributed by atoms with Crippen LogP contribution < -0.4 is 16.0 Å². The summed E-state index contributed by atoms with van der Waals surface area (Å²) in [5, 5.41) is 8.68. The Morgan fingerprint density at radius 1 is 0.846 bits per heavy atom. The minimum Gasteiger partial charge on any atom is -0.355 e. The molecule has 0 aliphatic heterocycles.